The molecule has 0 nitrogen and oxygen atoms in total. The van der Waals surface area contributed by atoms with Crippen LogP contribution in [0.15, 0.2) is 0 Å². The van der Waals surface area contributed by atoms with Crippen molar-refractivity contribution < 1.29 is 0 Å². The van der Waals surface area contributed by atoms with Crippen molar-refractivity contribution in [3.05, 3.63) is 0 Å². The zero-order chi connectivity index (χ0) is 10.6. The third kappa shape index (κ3) is 5.02. The van der Waals surface area contributed by atoms with Gasteiger partial charge in [0.25, 0.3) is 0 Å². The minimum Gasteiger partial charge on any atom is -0.0628 e. The quantitative estimate of drug-likeness (QED) is 0.509. The fraction of sp³-hybridized carbons (Fsp3) is 1.00. The van der Waals surface area contributed by atoms with Crippen molar-refractivity contribution in [1.29, 1.82) is 0 Å². The Labute approximate surface area is 90.5 Å². The molecule has 0 aromatic rings. The Balaban J connectivity index is 1.87. The van der Waals surface area contributed by atoms with Crippen molar-refractivity contribution in [2.24, 2.45) is 23.7 Å². The monoisotopic (exact) mass is 196 g/mol. The van der Waals surface area contributed by atoms with Crippen LogP contribution in [0.4, 0.5) is 0 Å². The SMILES string of the molecule is CC(C)CC(C)CCCCC1CC1C. The zero-order valence-corrected chi connectivity index (χ0v) is 10.6. The topological polar surface area (TPSA) is 0 Å². The molecule has 0 N–H and O–H groups in total. The van der Waals surface area contributed by atoms with Gasteiger partial charge in [-0.25, -0.2) is 0 Å². The van der Waals surface area contributed by atoms with Gasteiger partial charge in [-0.1, -0.05) is 53.4 Å². The molecule has 0 heteroatoms. The molecule has 1 saturated carbocycles. The third-order valence-electron chi connectivity index (χ3n) is 3.67. The fourth-order valence-electron chi connectivity index (χ4n) is 2.62. The predicted octanol–water partition coefficient (Wildman–Crippen LogP) is 4.89. The maximum absolute atomic E-state index is 2.42. The summed E-state index contributed by atoms with van der Waals surface area (Å²) in [7, 11) is 0. The minimum absolute atomic E-state index is 0.883. The normalized spacial score (nSPS) is 28.1. The molecule has 1 aliphatic rings. The average molecular weight is 196 g/mol. The summed E-state index contributed by atoms with van der Waals surface area (Å²) in [6, 6.07) is 0. The van der Waals surface area contributed by atoms with E-state index in [0.29, 0.717) is 0 Å². The van der Waals surface area contributed by atoms with Gasteiger partial charge in [0.05, 0.1) is 0 Å². The molecule has 3 atom stereocenters. The van der Waals surface area contributed by atoms with Gasteiger partial charge in [0, 0.05) is 0 Å². The van der Waals surface area contributed by atoms with Crippen molar-refractivity contribution in [3.8, 4) is 0 Å². The maximum atomic E-state index is 2.42. The van der Waals surface area contributed by atoms with Crippen molar-refractivity contribution in [2.75, 3.05) is 0 Å². The highest BCUT2D eigenvalue weighted by atomic mass is 14.4. The Hall–Kier alpha value is 0. The standard InChI is InChI=1S/C14H28/c1-11(2)9-12(3)7-5-6-8-14-10-13(14)4/h11-14H,5-10H2,1-4H3. The van der Waals surface area contributed by atoms with E-state index in [0.717, 1.165) is 23.7 Å². The Morgan fingerprint density at radius 1 is 1.14 bits per heavy atom. The smallest absolute Gasteiger partial charge is 0.0386 e. The molecule has 14 heavy (non-hydrogen) atoms. The zero-order valence-electron chi connectivity index (χ0n) is 10.6. The summed E-state index contributed by atoms with van der Waals surface area (Å²) in [5, 5.41) is 0. The molecule has 3 unspecified atom stereocenters. The second-order valence-electron chi connectivity index (χ2n) is 5.99. The molecule has 1 rings (SSSR count). The summed E-state index contributed by atoms with van der Waals surface area (Å²) in [5.74, 6) is 4.00. The first kappa shape index (κ1) is 12.1. The Bertz CT molecular complexity index is 148. The summed E-state index contributed by atoms with van der Waals surface area (Å²) < 4.78 is 0. The Kier molecular flexibility index (Phi) is 4.98. The van der Waals surface area contributed by atoms with Crippen LogP contribution in [0.25, 0.3) is 0 Å². The molecule has 84 valence electrons. The summed E-state index contributed by atoms with van der Waals surface area (Å²) >= 11 is 0. The molecule has 0 saturated heterocycles. The second-order valence-corrected chi connectivity index (χ2v) is 5.99. The van der Waals surface area contributed by atoms with E-state index in [9.17, 15) is 0 Å². The molecule has 1 fully saturated rings. The molecule has 1 aliphatic carbocycles. The van der Waals surface area contributed by atoms with E-state index in [1.165, 1.54) is 38.5 Å². The van der Waals surface area contributed by atoms with Gasteiger partial charge in [0.1, 0.15) is 0 Å². The van der Waals surface area contributed by atoms with Crippen LogP contribution in [0.1, 0.15) is 66.2 Å². The van der Waals surface area contributed by atoms with Gasteiger partial charge in [-0.05, 0) is 36.5 Å². The Morgan fingerprint density at radius 2 is 1.79 bits per heavy atom. The van der Waals surface area contributed by atoms with Crippen molar-refractivity contribution in [1.82, 2.24) is 0 Å². The van der Waals surface area contributed by atoms with Gasteiger partial charge < -0.3 is 0 Å². The van der Waals surface area contributed by atoms with Crippen LogP contribution in [-0.2, 0) is 0 Å². The third-order valence-corrected chi connectivity index (χ3v) is 3.67. The van der Waals surface area contributed by atoms with Gasteiger partial charge in [-0.3, -0.25) is 0 Å². The van der Waals surface area contributed by atoms with Gasteiger partial charge in [0.15, 0.2) is 0 Å². The predicted molar refractivity (Wildman–Crippen MR) is 64.4 cm³/mol. The summed E-state index contributed by atoms with van der Waals surface area (Å²) in [6.07, 6.45) is 8.85. The lowest BCUT2D eigenvalue weighted by molar-refractivity contribution is 0.396. The van der Waals surface area contributed by atoms with Gasteiger partial charge >= 0.3 is 0 Å². The molecule has 0 aliphatic heterocycles. The molecule has 0 aromatic heterocycles. The van der Waals surface area contributed by atoms with E-state index in [4.69, 9.17) is 0 Å². The van der Waals surface area contributed by atoms with E-state index in [1.807, 2.05) is 0 Å². The summed E-state index contributed by atoms with van der Waals surface area (Å²) in [6.45, 7) is 9.48. The van der Waals surface area contributed by atoms with Crippen LogP contribution in [0.5, 0.6) is 0 Å². The van der Waals surface area contributed by atoms with E-state index in [-0.39, 0.29) is 0 Å². The number of rotatable bonds is 7. The fourth-order valence-corrected chi connectivity index (χ4v) is 2.62. The molecule has 0 bridgehead atoms. The lowest BCUT2D eigenvalue weighted by Crippen LogP contribution is -2.00. The van der Waals surface area contributed by atoms with Crippen LogP contribution in [-0.4, -0.2) is 0 Å². The first-order valence-corrected chi connectivity index (χ1v) is 6.59. The van der Waals surface area contributed by atoms with Crippen molar-refractivity contribution in [2.45, 2.75) is 66.2 Å². The van der Waals surface area contributed by atoms with E-state index in [1.54, 1.807) is 0 Å². The van der Waals surface area contributed by atoms with Gasteiger partial charge in [0.2, 0.25) is 0 Å². The number of unbranched alkanes of at least 4 members (excludes halogenated alkanes) is 1. The highest BCUT2D eigenvalue weighted by Crippen LogP contribution is 2.41. The molecular formula is C14H28. The minimum atomic E-state index is 0.883. The molecule has 0 aromatic carbocycles. The first-order chi connectivity index (χ1) is 6.59. The second kappa shape index (κ2) is 5.78. The number of hydrogen-bond acceptors (Lipinski definition) is 0. The molecule has 0 radical (unpaired) electrons. The Morgan fingerprint density at radius 3 is 2.29 bits per heavy atom. The van der Waals surface area contributed by atoms with Crippen LogP contribution >= 0.6 is 0 Å². The van der Waals surface area contributed by atoms with E-state index >= 15 is 0 Å². The van der Waals surface area contributed by atoms with E-state index in [2.05, 4.69) is 27.7 Å². The van der Waals surface area contributed by atoms with Gasteiger partial charge in [-0.2, -0.15) is 0 Å². The van der Waals surface area contributed by atoms with E-state index < -0.39 is 0 Å². The molecule has 0 spiro atoms. The van der Waals surface area contributed by atoms with Crippen LogP contribution in [0.3, 0.4) is 0 Å². The molecule has 0 amide bonds. The molecular weight excluding hydrogens is 168 g/mol. The lowest BCUT2D eigenvalue weighted by atomic mass is 9.93. The average Bonchev–Trinajstić information content (AvgIpc) is 2.75. The largest absolute Gasteiger partial charge is 0.0628 e. The first-order valence-electron chi connectivity index (χ1n) is 6.59. The van der Waals surface area contributed by atoms with Crippen molar-refractivity contribution >= 4 is 0 Å². The highest BCUT2D eigenvalue weighted by molar-refractivity contribution is 4.81. The number of hydrogen-bond donors (Lipinski definition) is 0. The maximum Gasteiger partial charge on any atom is -0.0386 e. The summed E-state index contributed by atoms with van der Waals surface area (Å²) in [5.41, 5.74) is 0. The summed E-state index contributed by atoms with van der Waals surface area (Å²) in [4.78, 5) is 0. The van der Waals surface area contributed by atoms with Crippen LogP contribution in [0.2, 0.25) is 0 Å². The van der Waals surface area contributed by atoms with Gasteiger partial charge in [-0.15, -0.1) is 0 Å². The molecule has 0 heterocycles. The van der Waals surface area contributed by atoms with Crippen molar-refractivity contribution in [3.63, 3.8) is 0 Å². The van der Waals surface area contributed by atoms with Crippen LogP contribution in [0, 0.1) is 23.7 Å². The lowest BCUT2D eigenvalue weighted by Gasteiger charge is -2.13. The van der Waals surface area contributed by atoms with Crippen LogP contribution < -0.4 is 0 Å². The highest BCUT2D eigenvalue weighted by Gasteiger charge is 2.31.